The first-order valence-electron chi connectivity index (χ1n) is 5.19. The van der Waals surface area contributed by atoms with Gasteiger partial charge < -0.3 is 4.90 Å². The summed E-state index contributed by atoms with van der Waals surface area (Å²) in [7, 11) is 4.12. The highest BCUT2D eigenvalue weighted by Gasteiger charge is 2.16. The third-order valence-corrected chi connectivity index (χ3v) is 2.56. The molecule has 1 heterocycles. The predicted octanol–water partition coefficient (Wildman–Crippen LogP) is 1.37. The lowest BCUT2D eigenvalue weighted by Crippen LogP contribution is -2.35. The van der Waals surface area contributed by atoms with Gasteiger partial charge in [0.2, 0.25) is 0 Å². The van der Waals surface area contributed by atoms with E-state index in [0.717, 1.165) is 38.9 Å². The average Bonchev–Trinajstić information content (AvgIpc) is 2.26. The number of alkyl halides is 1. The van der Waals surface area contributed by atoms with Gasteiger partial charge in [0.25, 0.3) is 0 Å². The molecule has 1 aliphatic heterocycles. The van der Waals surface area contributed by atoms with Crippen LogP contribution in [0.3, 0.4) is 0 Å². The fourth-order valence-corrected chi connectivity index (χ4v) is 1.71. The molecule has 0 radical (unpaired) electrons. The molecule has 0 N–H and O–H groups in total. The number of rotatable bonds is 3. The second-order valence-corrected chi connectivity index (χ2v) is 4.20. The minimum Gasteiger partial charge on any atom is -0.308 e. The van der Waals surface area contributed by atoms with E-state index in [4.69, 9.17) is 0 Å². The molecule has 78 valence electrons. The van der Waals surface area contributed by atoms with Crippen molar-refractivity contribution in [2.24, 2.45) is 0 Å². The van der Waals surface area contributed by atoms with Gasteiger partial charge in [-0.1, -0.05) is 0 Å². The summed E-state index contributed by atoms with van der Waals surface area (Å²) < 4.78 is 13.2. The van der Waals surface area contributed by atoms with Crippen molar-refractivity contribution >= 4 is 0 Å². The Balaban J connectivity index is 2.22. The normalized spacial score (nSPS) is 26.3. The van der Waals surface area contributed by atoms with Crippen LogP contribution in [0.15, 0.2) is 0 Å². The smallest absolute Gasteiger partial charge is 0.113 e. The lowest BCUT2D eigenvalue weighted by Gasteiger charge is -2.22. The zero-order valence-corrected chi connectivity index (χ0v) is 8.80. The Hall–Kier alpha value is -0.150. The molecule has 0 bridgehead atoms. The van der Waals surface area contributed by atoms with Gasteiger partial charge >= 0.3 is 0 Å². The van der Waals surface area contributed by atoms with Crippen LogP contribution in [-0.4, -0.2) is 56.2 Å². The molecule has 1 rings (SSSR count). The van der Waals surface area contributed by atoms with Crippen molar-refractivity contribution in [2.75, 3.05) is 40.3 Å². The fraction of sp³-hybridized carbons (Fsp3) is 1.00. The quantitative estimate of drug-likeness (QED) is 0.660. The molecule has 1 unspecified atom stereocenters. The predicted molar refractivity (Wildman–Crippen MR) is 53.7 cm³/mol. The molecule has 1 aliphatic rings. The van der Waals surface area contributed by atoms with Crippen LogP contribution >= 0.6 is 0 Å². The molecule has 0 aliphatic carbocycles. The van der Waals surface area contributed by atoms with Crippen LogP contribution in [-0.2, 0) is 0 Å². The van der Waals surface area contributed by atoms with Gasteiger partial charge in [-0.3, -0.25) is 4.90 Å². The second kappa shape index (κ2) is 5.55. The lowest BCUT2D eigenvalue weighted by atomic mass is 10.2. The summed E-state index contributed by atoms with van der Waals surface area (Å²) in [6.07, 6.45) is 2.39. The van der Waals surface area contributed by atoms with E-state index in [1.807, 2.05) is 0 Å². The number of halogens is 1. The van der Waals surface area contributed by atoms with Crippen LogP contribution in [0.1, 0.15) is 19.3 Å². The van der Waals surface area contributed by atoms with Crippen molar-refractivity contribution in [3.8, 4) is 0 Å². The zero-order valence-electron chi connectivity index (χ0n) is 8.80. The summed E-state index contributed by atoms with van der Waals surface area (Å²) in [5, 5.41) is 0. The summed E-state index contributed by atoms with van der Waals surface area (Å²) in [5.41, 5.74) is 0. The van der Waals surface area contributed by atoms with E-state index in [-0.39, 0.29) is 0 Å². The van der Waals surface area contributed by atoms with Crippen molar-refractivity contribution in [3.05, 3.63) is 0 Å². The Labute approximate surface area is 80.7 Å². The van der Waals surface area contributed by atoms with Crippen molar-refractivity contribution < 1.29 is 4.39 Å². The zero-order chi connectivity index (χ0) is 9.68. The van der Waals surface area contributed by atoms with E-state index in [0.29, 0.717) is 6.54 Å². The summed E-state index contributed by atoms with van der Waals surface area (Å²) in [4.78, 5) is 4.40. The van der Waals surface area contributed by atoms with Crippen molar-refractivity contribution in [1.82, 2.24) is 9.80 Å². The van der Waals surface area contributed by atoms with Crippen LogP contribution in [0.5, 0.6) is 0 Å². The van der Waals surface area contributed by atoms with Gasteiger partial charge in [-0.25, -0.2) is 4.39 Å². The summed E-state index contributed by atoms with van der Waals surface area (Å²) in [6.45, 7) is 3.77. The van der Waals surface area contributed by atoms with Crippen LogP contribution in [0, 0.1) is 0 Å². The molecule has 0 saturated carbocycles. The molecule has 3 heteroatoms. The average molecular weight is 188 g/mol. The van der Waals surface area contributed by atoms with Gasteiger partial charge in [0, 0.05) is 19.6 Å². The van der Waals surface area contributed by atoms with Gasteiger partial charge in [-0.2, -0.15) is 0 Å². The number of likely N-dealkylation sites (N-methyl/N-ethyl adjacent to an activating group) is 1. The fourth-order valence-electron chi connectivity index (χ4n) is 1.71. The molecule has 1 atom stereocenters. The Bertz CT molecular complexity index is 139. The van der Waals surface area contributed by atoms with Gasteiger partial charge in [-0.15, -0.1) is 0 Å². The van der Waals surface area contributed by atoms with Crippen LogP contribution < -0.4 is 0 Å². The molecule has 13 heavy (non-hydrogen) atoms. The van der Waals surface area contributed by atoms with E-state index in [1.54, 1.807) is 0 Å². The highest BCUT2D eigenvalue weighted by molar-refractivity contribution is 4.70. The maximum atomic E-state index is 13.2. The van der Waals surface area contributed by atoms with Gasteiger partial charge in [0.1, 0.15) is 6.17 Å². The molecule has 0 spiro atoms. The standard InChI is InChI=1S/C10H21FN2/c1-12(2)7-8-13-6-4-3-5-10(11)9-13/h10H,3-9H2,1-2H3. The summed E-state index contributed by atoms with van der Waals surface area (Å²) in [5.74, 6) is 0. The Kier molecular flexibility index (Phi) is 4.67. The molecule has 0 aromatic carbocycles. The van der Waals surface area contributed by atoms with E-state index in [1.165, 1.54) is 0 Å². The van der Waals surface area contributed by atoms with E-state index < -0.39 is 6.17 Å². The van der Waals surface area contributed by atoms with Crippen molar-refractivity contribution in [2.45, 2.75) is 25.4 Å². The Morgan fingerprint density at radius 1 is 1.38 bits per heavy atom. The monoisotopic (exact) mass is 188 g/mol. The summed E-state index contributed by atoms with van der Waals surface area (Å²) >= 11 is 0. The van der Waals surface area contributed by atoms with Crippen molar-refractivity contribution in [3.63, 3.8) is 0 Å². The van der Waals surface area contributed by atoms with Crippen molar-refractivity contribution in [1.29, 1.82) is 0 Å². The first-order chi connectivity index (χ1) is 6.18. The molecular formula is C10H21FN2. The third-order valence-electron chi connectivity index (χ3n) is 2.56. The van der Waals surface area contributed by atoms with Gasteiger partial charge in [0.05, 0.1) is 0 Å². The summed E-state index contributed by atoms with van der Waals surface area (Å²) in [6, 6.07) is 0. The molecule has 1 saturated heterocycles. The SMILES string of the molecule is CN(C)CCN1CCCCC(F)C1. The minimum absolute atomic E-state index is 0.593. The molecule has 2 nitrogen and oxygen atoms in total. The number of nitrogens with zero attached hydrogens (tertiary/aromatic N) is 2. The maximum absolute atomic E-state index is 13.2. The van der Waals surface area contributed by atoms with Gasteiger partial charge in [-0.05, 0) is 39.9 Å². The highest BCUT2D eigenvalue weighted by Crippen LogP contribution is 2.12. The molecule has 1 fully saturated rings. The first kappa shape index (κ1) is 10.9. The number of hydrogen-bond donors (Lipinski definition) is 0. The largest absolute Gasteiger partial charge is 0.308 e. The highest BCUT2D eigenvalue weighted by atomic mass is 19.1. The van der Waals surface area contributed by atoms with Crippen LogP contribution in [0.2, 0.25) is 0 Å². The second-order valence-electron chi connectivity index (χ2n) is 4.20. The Morgan fingerprint density at radius 3 is 2.85 bits per heavy atom. The molecular weight excluding hydrogens is 167 g/mol. The van der Waals surface area contributed by atoms with Crippen LogP contribution in [0.4, 0.5) is 4.39 Å². The molecule has 0 aromatic rings. The number of hydrogen-bond acceptors (Lipinski definition) is 2. The molecule has 0 aromatic heterocycles. The topological polar surface area (TPSA) is 6.48 Å². The minimum atomic E-state index is -0.593. The third kappa shape index (κ3) is 4.58. The van der Waals surface area contributed by atoms with E-state index in [2.05, 4.69) is 23.9 Å². The maximum Gasteiger partial charge on any atom is 0.113 e. The van der Waals surface area contributed by atoms with E-state index >= 15 is 0 Å². The Morgan fingerprint density at radius 2 is 2.15 bits per heavy atom. The lowest BCUT2D eigenvalue weighted by molar-refractivity contribution is 0.192. The first-order valence-corrected chi connectivity index (χ1v) is 5.19. The van der Waals surface area contributed by atoms with E-state index in [9.17, 15) is 4.39 Å². The number of likely N-dealkylation sites (tertiary alicyclic amines) is 1. The van der Waals surface area contributed by atoms with Gasteiger partial charge in [0.15, 0.2) is 0 Å². The van der Waals surface area contributed by atoms with Crippen LogP contribution in [0.25, 0.3) is 0 Å². The molecule has 0 amide bonds.